The number of alkyl halides is 1. The van der Waals surface area contributed by atoms with Gasteiger partial charge in [-0.15, -0.1) is 0 Å². The van der Waals surface area contributed by atoms with Crippen molar-refractivity contribution in [1.82, 2.24) is 20.0 Å². The molecule has 8 aliphatic rings. The first-order valence-electron chi connectivity index (χ1n) is 17.6. The monoisotopic (exact) mass is 612 g/mol. The molecule has 0 aromatic carbocycles. The number of carbonyl (C=O) groups excluding carboxylic acids is 3. The number of halogens is 1. The molecule has 8 rings (SSSR count). The highest BCUT2D eigenvalue weighted by Crippen LogP contribution is 2.56. The smallest absolute Gasteiger partial charge is 0.259 e. The van der Waals surface area contributed by atoms with Crippen LogP contribution in [0.5, 0.6) is 0 Å². The van der Waals surface area contributed by atoms with Gasteiger partial charge in [-0.3, -0.25) is 14.4 Å². The van der Waals surface area contributed by atoms with Crippen molar-refractivity contribution in [2.45, 2.75) is 107 Å². The van der Waals surface area contributed by atoms with E-state index in [-0.39, 0.29) is 53.7 Å². The van der Waals surface area contributed by atoms with Crippen LogP contribution < -0.4 is 5.32 Å². The van der Waals surface area contributed by atoms with E-state index in [1.807, 2.05) is 6.20 Å². The van der Waals surface area contributed by atoms with Gasteiger partial charge in [-0.1, -0.05) is 12.8 Å². The van der Waals surface area contributed by atoms with Gasteiger partial charge in [0.25, 0.3) is 5.91 Å². The second-order valence-electron chi connectivity index (χ2n) is 15.1. The van der Waals surface area contributed by atoms with Crippen molar-refractivity contribution in [3.63, 3.8) is 0 Å². The Kier molecular flexibility index (Phi) is 7.87. The van der Waals surface area contributed by atoms with Crippen LogP contribution in [0, 0.1) is 29.6 Å². The predicted octanol–water partition coefficient (Wildman–Crippen LogP) is 2.33. The van der Waals surface area contributed by atoms with Gasteiger partial charge in [0.1, 0.15) is 12.0 Å². The second-order valence-corrected chi connectivity index (χ2v) is 15.1. The molecule has 4 aliphatic carbocycles. The molecule has 12 atom stereocenters. The zero-order valence-electron chi connectivity index (χ0n) is 26.1. The molecular formula is C34H49FN4O5. The summed E-state index contributed by atoms with van der Waals surface area (Å²) in [5.74, 6) is 0.254. The molecule has 7 fully saturated rings. The fourth-order valence-corrected chi connectivity index (χ4v) is 10.8. The minimum Gasteiger partial charge on any atom is -0.378 e. The average molecular weight is 613 g/mol. The molecule has 0 aromatic heterocycles. The van der Waals surface area contributed by atoms with E-state index in [2.05, 4.69) is 22.2 Å². The van der Waals surface area contributed by atoms with Gasteiger partial charge in [-0.2, -0.15) is 0 Å². The van der Waals surface area contributed by atoms with Gasteiger partial charge in [0.05, 0.1) is 49.1 Å². The number of nitrogens with one attached hydrogen (secondary N) is 1. The third kappa shape index (κ3) is 4.80. The molecule has 9 nitrogen and oxygen atoms in total. The topological polar surface area (TPSA) is 91.4 Å². The van der Waals surface area contributed by atoms with Crippen LogP contribution in [0.3, 0.4) is 0 Å². The first-order valence-corrected chi connectivity index (χ1v) is 17.6. The Hall–Kier alpha value is -1.88. The van der Waals surface area contributed by atoms with Gasteiger partial charge in [0.15, 0.2) is 5.78 Å². The van der Waals surface area contributed by atoms with Crippen LogP contribution in [0.2, 0.25) is 0 Å². The number of fused-ring (bicyclic) bond motifs is 5. The third-order valence-electron chi connectivity index (χ3n) is 13.0. The van der Waals surface area contributed by atoms with Crippen molar-refractivity contribution >= 4 is 17.5 Å². The lowest BCUT2D eigenvalue weighted by Gasteiger charge is -2.60. The van der Waals surface area contributed by atoms with Gasteiger partial charge < -0.3 is 29.5 Å². The SMILES string of the molecule is CN1CCCC1CCNC1C(F)CC2C(=O)C(C(=O)N3CCOCC3)=CN3C4CC5C(CC4OC1C23)C(=O)C1CCCCC15. The summed E-state index contributed by atoms with van der Waals surface area (Å²) in [6.45, 7) is 3.63. The highest BCUT2D eigenvalue weighted by molar-refractivity contribution is 6.20. The molecule has 1 amide bonds. The number of amides is 1. The number of carbonyl (C=O) groups is 3. The lowest BCUT2D eigenvalue weighted by Crippen LogP contribution is -2.73. The summed E-state index contributed by atoms with van der Waals surface area (Å²) in [5, 5.41) is 3.56. The number of Topliss-reactive ketones (excluding diaryl/α,β-unsaturated/α-hetero) is 2. The van der Waals surface area contributed by atoms with Crippen LogP contribution in [0.4, 0.5) is 4.39 Å². The molecule has 4 saturated carbocycles. The molecule has 242 valence electrons. The summed E-state index contributed by atoms with van der Waals surface area (Å²) < 4.78 is 28.6. The number of ether oxygens (including phenoxy) is 2. The number of likely N-dealkylation sites (tertiary alicyclic amines) is 1. The van der Waals surface area contributed by atoms with E-state index in [9.17, 15) is 14.4 Å². The van der Waals surface area contributed by atoms with Gasteiger partial charge >= 0.3 is 0 Å². The summed E-state index contributed by atoms with van der Waals surface area (Å²) >= 11 is 0. The normalized spacial score (nSPS) is 45.4. The van der Waals surface area contributed by atoms with Gasteiger partial charge in [-0.25, -0.2) is 4.39 Å². The van der Waals surface area contributed by atoms with Gasteiger partial charge in [0, 0.05) is 43.1 Å². The molecule has 3 saturated heterocycles. The van der Waals surface area contributed by atoms with Crippen LogP contribution in [0.25, 0.3) is 0 Å². The van der Waals surface area contributed by atoms with E-state index in [0.717, 1.165) is 38.6 Å². The van der Waals surface area contributed by atoms with E-state index in [1.54, 1.807) is 4.90 Å². The van der Waals surface area contributed by atoms with E-state index in [4.69, 9.17) is 9.47 Å². The fraction of sp³-hybridized carbons (Fsp3) is 0.853. The molecular weight excluding hydrogens is 563 g/mol. The minimum absolute atomic E-state index is 0.00984. The lowest BCUT2D eigenvalue weighted by molar-refractivity contribution is -0.206. The number of hydrogen-bond donors (Lipinski definition) is 1. The molecule has 0 bridgehead atoms. The number of ketones is 2. The maximum absolute atomic E-state index is 16.2. The summed E-state index contributed by atoms with van der Waals surface area (Å²) in [7, 11) is 2.16. The van der Waals surface area contributed by atoms with Crippen LogP contribution in [-0.2, 0) is 23.9 Å². The maximum atomic E-state index is 16.2. The fourth-order valence-electron chi connectivity index (χ4n) is 10.8. The number of morpholine rings is 2. The first kappa shape index (κ1) is 29.5. The van der Waals surface area contributed by atoms with Crippen molar-refractivity contribution in [2.75, 3.05) is 46.4 Å². The van der Waals surface area contributed by atoms with E-state index < -0.39 is 24.2 Å². The van der Waals surface area contributed by atoms with Crippen LogP contribution in [0.15, 0.2) is 11.8 Å². The van der Waals surface area contributed by atoms with Gasteiger partial charge in [0.2, 0.25) is 0 Å². The van der Waals surface area contributed by atoms with Crippen LogP contribution >= 0.6 is 0 Å². The number of rotatable bonds is 5. The molecule has 0 spiro atoms. The Balaban J connectivity index is 1.11. The zero-order valence-corrected chi connectivity index (χ0v) is 26.1. The van der Waals surface area contributed by atoms with E-state index in [1.165, 1.54) is 19.3 Å². The van der Waals surface area contributed by atoms with E-state index >= 15 is 4.39 Å². The number of nitrogens with zero attached hydrogens (tertiary/aromatic N) is 3. The highest BCUT2D eigenvalue weighted by Gasteiger charge is 2.62. The van der Waals surface area contributed by atoms with Gasteiger partial charge in [-0.05, 0) is 83.3 Å². The summed E-state index contributed by atoms with van der Waals surface area (Å²) in [6, 6.07) is -0.341. The molecule has 4 heterocycles. The van der Waals surface area contributed by atoms with E-state index in [0.29, 0.717) is 62.9 Å². The van der Waals surface area contributed by atoms with Crippen LogP contribution in [-0.4, -0.2) is 121 Å². The first-order chi connectivity index (χ1) is 21.4. The Morgan fingerprint density at radius 2 is 1.80 bits per heavy atom. The number of hydrogen-bond acceptors (Lipinski definition) is 8. The molecule has 44 heavy (non-hydrogen) atoms. The molecule has 1 N–H and O–H groups in total. The molecule has 0 aromatic rings. The van der Waals surface area contributed by atoms with Crippen molar-refractivity contribution < 1.29 is 28.2 Å². The summed E-state index contributed by atoms with van der Waals surface area (Å²) in [5.41, 5.74) is 0.190. The summed E-state index contributed by atoms with van der Waals surface area (Å²) in [6.07, 6.45) is 9.22. The molecule has 4 aliphatic heterocycles. The molecule has 0 radical (unpaired) electrons. The lowest BCUT2D eigenvalue weighted by atomic mass is 9.66. The summed E-state index contributed by atoms with van der Waals surface area (Å²) in [4.78, 5) is 47.9. The molecule has 10 heteroatoms. The quantitative estimate of drug-likeness (QED) is 0.474. The largest absolute Gasteiger partial charge is 0.378 e. The van der Waals surface area contributed by atoms with Crippen molar-refractivity contribution in [1.29, 1.82) is 0 Å². The zero-order chi connectivity index (χ0) is 30.1. The Bertz CT molecular complexity index is 1190. The van der Waals surface area contributed by atoms with Crippen molar-refractivity contribution in [3.8, 4) is 0 Å². The Morgan fingerprint density at radius 3 is 2.59 bits per heavy atom. The molecule has 12 unspecified atom stereocenters. The van der Waals surface area contributed by atoms with Crippen LogP contribution in [0.1, 0.15) is 64.2 Å². The average Bonchev–Trinajstić information content (AvgIpc) is 3.58. The van der Waals surface area contributed by atoms with Crippen molar-refractivity contribution in [3.05, 3.63) is 11.8 Å². The highest BCUT2D eigenvalue weighted by atomic mass is 19.1. The Labute approximate surface area is 260 Å². The minimum atomic E-state index is -1.25. The third-order valence-corrected chi connectivity index (χ3v) is 13.0. The van der Waals surface area contributed by atoms with Crippen molar-refractivity contribution in [2.24, 2.45) is 29.6 Å². The predicted molar refractivity (Wildman–Crippen MR) is 160 cm³/mol. The Morgan fingerprint density at radius 1 is 0.977 bits per heavy atom. The maximum Gasteiger partial charge on any atom is 0.259 e. The second kappa shape index (κ2) is 11.7. The standard InChI is InChI=1S/C34H49FN4O5/c1-37-10-4-5-19(37)8-9-36-29-26(35)15-24-30-33(29)44-28-17-23-22(20-6-2-3-7-21(20)31(23)40)16-27(28)39(30)18-25(32(24)41)34(42)38-11-13-43-14-12-38/h18-24,26-30,33,36H,2-17H2,1H3.